The van der Waals surface area contributed by atoms with Gasteiger partial charge in [-0.1, -0.05) is 46.8 Å². The smallest absolute Gasteiger partial charge is 0.0211 e. The summed E-state index contributed by atoms with van der Waals surface area (Å²) < 4.78 is 0. The second-order valence-corrected chi connectivity index (χ2v) is 3.22. The monoisotopic (exact) mass is 156 g/mol. The van der Waals surface area contributed by atoms with Crippen LogP contribution in [0.2, 0.25) is 0 Å². The van der Waals surface area contributed by atoms with Gasteiger partial charge in [-0.15, -0.1) is 0 Å². The number of hydrogen-bond acceptors (Lipinski definition) is 0. The van der Waals surface area contributed by atoms with Gasteiger partial charge in [0.25, 0.3) is 0 Å². The predicted octanol–water partition coefficient (Wildman–Crippen LogP) is 4.27. The Bertz CT molecular complexity index is 90.2. The largest absolute Gasteiger partial charge is 0.0914 e. The SMILES string of the molecule is C.C/C=C\[C@H](CCC)C(C)C. The molecule has 68 valence electrons. The molecular weight excluding hydrogens is 132 g/mol. The summed E-state index contributed by atoms with van der Waals surface area (Å²) in [5.41, 5.74) is 0. The third-order valence-electron chi connectivity index (χ3n) is 1.92. The molecule has 0 radical (unpaired) electrons. The van der Waals surface area contributed by atoms with Crippen LogP contribution in [0, 0.1) is 11.8 Å². The first kappa shape index (κ1) is 13.3. The Morgan fingerprint density at radius 3 is 2.09 bits per heavy atom. The lowest BCUT2D eigenvalue weighted by Crippen LogP contribution is -2.04. The van der Waals surface area contributed by atoms with Crippen LogP contribution in [0.3, 0.4) is 0 Å². The highest BCUT2D eigenvalue weighted by Crippen LogP contribution is 2.17. The van der Waals surface area contributed by atoms with E-state index in [2.05, 4.69) is 39.8 Å². The summed E-state index contributed by atoms with van der Waals surface area (Å²) in [5, 5.41) is 0. The van der Waals surface area contributed by atoms with E-state index in [-0.39, 0.29) is 7.43 Å². The summed E-state index contributed by atoms with van der Waals surface area (Å²) in [6.07, 6.45) is 7.13. The maximum absolute atomic E-state index is 2.33. The summed E-state index contributed by atoms with van der Waals surface area (Å²) in [6, 6.07) is 0. The summed E-state index contributed by atoms with van der Waals surface area (Å²) in [4.78, 5) is 0. The van der Waals surface area contributed by atoms with Crippen molar-refractivity contribution < 1.29 is 0 Å². The molecule has 0 saturated heterocycles. The van der Waals surface area contributed by atoms with Crippen LogP contribution in [0.5, 0.6) is 0 Å². The fourth-order valence-electron chi connectivity index (χ4n) is 1.23. The van der Waals surface area contributed by atoms with Gasteiger partial charge in [0.15, 0.2) is 0 Å². The van der Waals surface area contributed by atoms with Gasteiger partial charge >= 0.3 is 0 Å². The maximum atomic E-state index is 2.33. The van der Waals surface area contributed by atoms with Gasteiger partial charge in [-0.05, 0) is 25.2 Å². The average molecular weight is 156 g/mol. The molecule has 0 heterocycles. The minimum absolute atomic E-state index is 0. The molecule has 0 aromatic carbocycles. The third kappa shape index (κ3) is 6.15. The lowest BCUT2D eigenvalue weighted by molar-refractivity contribution is 0.432. The van der Waals surface area contributed by atoms with Crippen molar-refractivity contribution in [1.82, 2.24) is 0 Å². The van der Waals surface area contributed by atoms with E-state index in [1.807, 2.05) is 0 Å². The molecule has 0 rings (SSSR count). The molecule has 0 aliphatic rings. The van der Waals surface area contributed by atoms with Crippen molar-refractivity contribution in [3.05, 3.63) is 12.2 Å². The number of rotatable bonds is 4. The van der Waals surface area contributed by atoms with Gasteiger partial charge in [-0.2, -0.15) is 0 Å². The molecule has 0 heteroatoms. The quantitative estimate of drug-likeness (QED) is 0.533. The molecule has 0 aromatic rings. The van der Waals surface area contributed by atoms with E-state index in [1.165, 1.54) is 12.8 Å². The molecule has 0 spiro atoms. The lowest BCUT2D eigenvalue weighted by atomic mass is 9.91. The topological polar surface area (TPSA) is 0 Å². The minimum atomic E-state index is 0. The van der Waals surface area contributed by atoms with Crippen molar-refractivity contribution >= 4 is 0 Å². The van der Waals surface area contributed by atoms with Crippen LogP contribution in [-0.2, 0) is 0 Å². The average Bonchev–Trinajstić information content (AvgIpc) is 1.87. The Hall–Kier alpha value is -0.260. The van der Waals surface area contributed by atoms with E-state index in [0.29, 0.717) is 0 Å². The molecule has 0 unspecified atom stereocenters. The Balaban J connectivity index is 0. The molecule has 1 atom stereocenters. The van der Waals surface area contributed by atoms with Gasteiger partial charge in [-0.3, -0.25) is 0 Å². The first-order chi connectivity index (χ1) is 4.72. The number of allylic oxidation sites excluding steroid dienone is 2. The van der Waals surface area contributed by atoms with Crippen molar-refractivity contribution in [2.45, 2.75) is 48.0 Å². The summed E-state index contributed by atoms with van der Waals surface area (Å²) in [7, 11) is 0. The van der Waals surface area contributed by atoms with Crippen LogP contribution in [0.4, 0.5) is 0 Å². The Morgan fingerprint density at radius 1 is 1.27 bits per heavy atom. The van der Waals surface area contributed by atoms with E-state index in [4.69, 9.17) is 0 Å². The van der Waals surface area contributed by atoms with Crippen molar-refractivity contribution in [2.24, 2.45) is 11.8 Å². The normalized spacial score (nSPS) is 13.5. The molecule has 0 nitrogen and oxygen atoms in total. The van der Waals surface area contributed by atoms with Crippen molar-refractivity contribution in [3.63, 3.8) is 0 Å². The summed E-state index contributed by atoms with van der Waals surface area (Å²) >= 11 is 0. The van der Waals surface area contributed by atoms with Crippen LogP contribution >= 0.6 is 0 Å². The fraction of sp³-hybridized carbons (Fsp3) is 0.818. The standard InChI is InChI=1S/C10H20.CH4/c1-5-7-10(8-6-2)9(3)4;/h5,7,9-10H,6,8H2,1-4H3;1H4/b7-5-;/t10-;/m1./s1. The third-order valence-corrected chi connectivity index (χ3v) is 1.92. The first-order valence-corrected chi connectivity index (χ1v) is 4.35. The second kappa shape index (κ2) is 7.84. The lowest BCUT2D eigenvalue weighted by Gasteiger charge is -2.14. The highest BCUT2D eigenvalue weighted by Gasteiger charge is 2.06. The van der Waals surface area contributed by atoms with Gasteiger partial charge < -0.3 is 0 Å². The van der Waals surface area contributed by atoms with Crippen LogP contribution < -0.4 is 0 Å². The minimum Gasteiger partial charge on any atom is -0.0914 e. The van der Waals surface area contributed by atoms with E-state index >= 15 is 0 Å². The van der Waals surface area contributed by atoms with Gasteiger partial charge in [0.1, 0.15) is 0 Å². The van der Waals surface area contributed by atoms with E-state index in [0.717, 1.165) is 11.8 Å². The zero-order valence-corrected chi connectivity index (χ0v) is 7.72. The molecule has 0 aliphatic carbocycles. The highest BCUT2D eigenvalue weighted by atomic mass is 14.1. The molecule has 0 amide bonds. The predicted molar refractivity (Wildman–Crippen MR) is 54.8 cm³/mol. The van der Waals surface area contributed by atoms with Crippen LogP contribution in [0.15, 0.2) is 12.2 Å². The highest BCUT2D eigenvalue weighted by molar-refractivity contribution is 4.86. The molecule has 0 aromatic heterocycles. The Labute approximate surface area is 72.7 Å². The number of hydrogen-bond donors (Lipinski definition) is 0. The van der Waals surface area contributed by atoms with Gasteiger partial charge in [0, 0.05) is 0 Å². The zero-order valence-electron chi connectivity index (χ0n) is 7.72. The Morgan fingerprint density at radius 2 is 1.82 bits per heavy atom. The zero-order chi connectivity index (χ0) is 7.98. The van der Waals surface area contributed by atoms with Crippen LogP contribution in [0.1, 0.15) is 48.0 Å². The van der Waals surface area contributed by atoms with Gasteiger partial charge in [0.05, 0.1) is 0 Å². The van der Waals surface area contributed by atoms with E-state index in [1.54, 1.807) is 0 Å². The van der Waals surface area contributed by atoms with E-state index < -0.39 is 0 Å². The van der Waals surface area contributed by atoms with Gasteiger partial charge in [0.2, 0.25) is 0 Å². The molecule has 0 bridgehead atoms. The second-order valence-electron chi connectivity index (χ2n) is 3.22. The molecule has 0 aliphatic heterocycles. The van der Waals surface area contributed by atoms with Gasteiger partial charge in [-0.25, -0.2) is 0 Å². The first-order valence-electron chi connectivity index (χ1n) is 4.35. The molecule has 0 fully saturated rings. The Kier molecular flexibility index (Phi) is 9.51. The van der Waals surface area contributed by atoms with Crippen LogP contribution in [-0.4, -0.2) is 0 Å². The molecule has 11 heavy (non-hydrogen) atoms. The summed E-state index contributed by atoms with van der Waals surface area (Å²) in [5.74, 6) is 1.60. The van der Waals surface area contributed by atoms with E-state index in [9.17, 15) is 0 Å². The van der Waals surface area contributed by atoms with Crippen molar-refractivity contribution in [2.75, 3.05) is 0 Å². The molecular formula is C11H24. The van der Waals surface area contributed by atoms with Crippen LogP contribution in [0.25, 0.3) is 0 Å². The van der Waals surface area contributed by atoms with Crippen molar-refractivity contribution in [3.8, 4) is 0 Å². The maximum Gasteiger partial charge on any atom is -0.0211 e. The summed E-state index contributed by atoms with van der Waals surface area (Å²) in [6.45, 7) is 8.94. The molecule has 0 saturated carbocycles. The fourth-order valence-corrected chi connectivity index (χ4v) is 1.23. The van der Waals surface area contributed by atoms with Crippen molar-refractivity contribution in [1.29, 1.82) is 0 Å². The molecule has 0 N–H and O–H groups in total.